The Morgan fingerprint density at radius 2 is 1.93 bits per heavy atom. The lowest BCUT2D eigenvalue weighted by atomic mass is 10.2. The molecule has 0 aliphatic rings. The molecule has 156 valence electrons. The van der Waals surface area contributed by atoms with E-state index in [1.165, 1.54) is 25.3 Å². The SMILES string of the molecule is Cn1cc([N+](=O)[O-])c(C(=O)/C=C/c2ccc(COc3c(F)c(F)cc(F)c3F)o2)n1. The Morgan fingerprint density at radius 3 is 2.57 bits per heavy atom. The van der Waals surface area contributed by atoms with Crippen molar-refractivity contribution < 1.29 is 36.4 Å². The highest BCUT2D eigenvalue weighted by Crippen LogP contribution is 2.27. The summed E-state index contributed by atoms with van der Waals surface area (Å²) in [5.74, 6) is -8.48. The molecule has 0 N–H and O–H groups in total. The van der Waals surface area contributed by atoms with Crippen LogP contribution in [0.15, 0.2) is 34.9 Å². The average molecular weight is 425 g/mol. The molecule has 0 atom stereocenters. The quantitative estimate of drug-likeness (QED) is 0.142. The van der Waals surface area contributed by atoms with E-state index >= 15 is 0 Å². The number of furan rings is 1. The van der Waals surface area contributed by atoms with Crippen LogP contribution in [0.4, 0.5) is 23.2 Å². The van der Waals surface area contributed by atoms with Crippen molar-refractivity contribution in [2.24, 2.45) is 7.05 Å². The van der Waals surface area contributed by atoms with Gasteiger partial charge >= 0.3 is 5.69 Å². The maximum Gasteiger partial charge on any atom is 0.318 e. The molecule has 0 bridgehead atoms. The van der Waals surface area contributed by atoms with Gasteiger partial charge in [-0.25, -0.2) is 8.78 Å². The highest BCUT2D eigenvalue weighted by atomic mass is 19.2. The number of carbonyl (C=O) groups excluding carboxylic acids is 1. The molecule has 0 fully saturated rings. The third-order valence-corrected chi connectivity index (χ3v) is 3.75. The van der Waals surface area contributed by atoms with Crippen LogP contribution in [-0.4, -0.2) is 20.5 Å². The van der Waals surface area contributed by atoms with Gasteiger partial charge in [0.15, 0.2) is 17.4 Å². The number of aryl methyl sites for hydroxylation is 1. The summed E-state index contributed by atoms with van der Waals surface area (Å²) in [4.78, 5) is 22.3. The van der Waals surface area contributed by atoms with E-state index in [9.17, 15) is 32.5 Å². The number of nitrogens with zero attached hydrogens (tertiary/aromatic N) is 3. The van der Waals surface area contributed by atoms with Gasteiger partial charge in [-0.1, -0.05) is 0 Å². The summed E-state index contributed by atoms with van der Waals surface area (Å²) in [5.41, 5.74) is -0.833. The fourth-order valence-electron chi connectivity index (χ4n) is 2.40. The number of hydrogen-bond acceptors (Lipinski definition) is 6. The minimum atomic E-state index is -1.69. The van der Waals surface area contributed by atoms with Crippen molar-refractivity contribution in [3.8, 4) is 5.75 Å². The van der Waals surface area contributed by atoms with Crippen LogP contribution >= 0.6 is 0 Å². The minimum Gasteiger partial charge on any atom is -0.479 e. The predicted octanol–water partition coefficient (Wildman–Crippen LogP) is 3.95. The molecule has 0 spiro atoms. The number of ketones is 1. The molecule has 0 saturated carbocycles. The van der Waals surface area contributed by atoms with Gasteiger partial charge in [-0.3, -0.25) is 19.6 Å². The molecule has 3 aromatic rings. The van der Waals surface area contributed by atoms with Gasteiger partial charge in [0.2, 0.25) is 23.1 Å². The third kappa shape index (κ3) is 4.21. The normalized spacial score (nSPS) is 11.2. The van der Waals surface area contributed by atoms with E-state index in [1.54, 1.807) is 0 Å². The molecule has 0 radical (unpaired) electrons. The molecule has 0 aliphatic heterocycles. The lowest BCUT2D eigenvalue weighted by Crippen LogP contribution is -2.03. The largest absolute Gasteiger partial charge is 0.479 e. The average Bonchev–Trinajstić information content (AvgIpc) is 3.31. The Bertz CT molecular complexity index is 1140. The molecule has 0 aliphatic carbocycles. The second-order valence-electron chi connectivity index (χ2n) is 5.88. The first kappa shape index (κ1) is 20.8. The number of benzene rings is 1. The monoisotopic (exact) mass is 425 g/mol. The van der Waals surface area contributed by atoms with Gasteiger partial charge in [-0.15, -0.1) is 0 Å². The van der Waals surface area contributed by atoms with Gasteiger partial charge in [-0.2, -0.15) is 13.9 Å². The summed E-state index contributed by atoms with van der Waals surface area (Å²) < 4.78 is 64.6. The van der Waals surface area contributed by atoms with Crippen LogP contribution in [0, 0.1) is 33.4 Å². The number of allylic oxidation sites excluding steroid dienone is 1. The van der Waals surface area contributed by atoms with Gasteiger partial charge in [0.05, 0.1) is 4.92 Å². The minimum absolute atomic E-state index is 0.0226. The summed E-state index contributed by atoms with van der Waals surface area (Å²) in [5, 5.41) is 14.7. The number of rotatable bonds is 7. The summed E-state index contributed by atoms with van der Waals surface area (Å²) in [6, 6.07) is 2.75. The molecule has 1 aromatic carbocycles. The van der Waals surface area contributed by atoms with E-state index in [1.807, 2.05) is 0 Å². The van der Waals surface area contributed by atoms with Crippen LogP contribution < -0.4 is 4.74 Å². The van der Waals surface area contributed by atoms with Crippen molar-refractivity contribution >= 4 is 17.5 Å². The summed E-state index contributed by atoms with van der Waals surface area (Å²) in [6.07, 6.45) is 3.25. The zero-order valence-corrected chi connectivity index (χ0v) is 15.1. The fraction of sp³-hybridized carbons (Fsp3) is 0.111. The molecule has 0 unspecified atom stereocenters. The van der Waals surface area contributed by atoms with Crippen LogP contribution in [0.1, 0.15) is 22.0 Å². The van der Waals surface area contributed by atoms with Gasteiger partial charge in [-0.05, 0) is 24.3 Å². The second-order valence-corrected chi connectivity index (χ2v) is 5.88. The highest BCUT2D eigenvalue weighted by Gasteiger charge is 2.23. The molecule has 0 amide bonds. The number of carbonyl (C=O) groups is 1. The zero-order chi connectivity index (χ0) is 22.0. The molecular formula is C18H11F4N3O5. The summed E-state index contributed by atoms with van der Waals surface area (Å²) >= 11 is 0. The Morgan fingerprint density at radius 1 is 1.27 bits per heavy atom. The molecule has 8 nitrogen and oxygen atoms in total. The maximum atomic E-state index is 13.6. The van der Waals surface area contributed by atoms with Crippen molar-refractivity contribution in [3.63, 3.8) is 0 Å². The lowest BCUT2D eigenvalue weighted by molar-refractivity contribution is -0.385. The van der Waals surface area contributed by atoms with Crippen molar-refractivity contribution in [1.82, 2.24) is 9.78 Å². The number of ether oxygens (including phenoxy) is 1. The molecular weight excluding hydrogens is 414 g/mol. The van der Waals surface area contributed by atoms with E-state index in [2.05, 4.69) is 5.10 Å². The fourth-order valence-corrected chi connectivity index (χ4v) is 2.40. The molecule has 2 aromatic heterocycles. The van der Waals surface area contributed by atoms with Crippen LogP contribution in [0.2, 0.25) is 0 Å². The van der Waals surface area contributed by atoms with E-state index < -0.39 is 52.0 Å². The molecule has 30 heavy (non-hydrogen) atoms. The summed E-state index contributed by atoms with van der Waals surface area (Å²) in [6.45, 7) is -0.565. The second kappa shape index (κ2) is 8.19. The Kier molecular flexibility index (Phi) is 5.67. The Balaban J connectivity index is 1.70. The van der Waals surface area contributed by atoms with Crippen LogP contribution in [0.3, 0.4) is 0 Å². The standard InChI is InChI=1S/C18H11F4N3O5/c1-24-7-13(25(27)28)17(23-24)14(26)5-4-9-2-3-10(30-9)8-29-18-15(21)11(19)6-12(20)16(18)22/h2-7H,8H2,1H3/b5-4+. The number of halogens is 4. The molecule has 0 saturated heterocycles. The summed E-state index contributed by atoms with van der Waals surface area (Å²) in [7, 11) is 1.42. The highest BCUT2D eigenvalue weighted by molar-refractivity contribution is 6.07. The lowest BCUT2D eigenvalue weighted by Gasteiger charge is -2.08. The van der Waals surface area contributed by atoms with E-state index in [0.717, 1.165) is 17.0 Å². The molecule has 12 heteroatoms. The molecule has 3 rings (SSSR count). The first-order chi connectivity index (χ1) is 14.2. The maximum absolute atomic E-state index is 13.6. The zero-order valence-electron chi connectivity index (χ0n) is 15.1. The Labute approximate surface area is 165 Å². The molecule has 2 heterocycles. The van der Waals surface area contributed by atoms with Gasteiger partial charge in [0.25, 0.3) is 0 Å². The van der Waals surface area contributed by atoms with E-state index in [0.29, 0.717) is 0 Å². The first-order valence-electron chi connectivity index (χ1n) is 8.12. The van der Waals surface area contributed by atoms with Crippen molar-refractivity contribution in [3.05, 3.63) is 81.1 Å². The van der Waals surface area contributed by atoms with Crippen LogP contribution in [0.25, 0.3) is 6.08 Å². The van der Waals surface area contributed by atoms with Gasteiger partial charge in [0.1, 0.15) is 24.3 Å². The number of nitro groups is 1. The number of hydrogen-bond donors (Lipinski definition) is 0. The Hall–Kier alpha value is -3.96. The van der Waals surface area contributed by atoms with Gasteiger partial charge < -0.3 is 9.15 Å². The number of aromatic nitrogens is 2. The predicted molar refractivity (Wildman–Crippen MR) is 92.5 cm³/mol. The smallest absolute Gasteiger partial charge is 0.318 e. The van der Waals surface area contributed by atoms with Crippen LogP contribution in [-0.2, 0) is 13.7 Å². The van der Waals surface area contributed by atoms with E-state index in [-0.39, 0.29) is 23.3 Å². The topological polar surface area (TPSA) is 100 Å². The van der Waals surface area contributed by atoms with Crippen molar-refractivity contribution in [2.75, 3.05) is 0 Å². The van der Waals surface area contributed by atoms with Gasteiger partial charge in [0, 0.05) is 13.1 Å². The first-order valence-corrected chi connectivity index (χ1v) is 8.12. The van der Waals surface area contributed by atoms with Crippen molar-refractivity contribution in [1.29, 1.82) is 0 Å². The van der Waals surface area contributed by atoms with Crippen molar-refractivity contribution in [2.45, 2.75) is 6.61 Å². The third-order valence-electron chi connectivity index (χ3n) is 3.75. The van der Waals surface area contributed by atoms with Crippen LogP contribution in [0.5, 0.6) is 5.75 Å². The van der Waals surface area contributed by atoms with E-state index in [4.69, 9.17) is 9.15 Å².